The summed E-state index contributed by atoms with van der Waals surface area (Å²) in [5.41, 5.74) is 1.14. The van der Waals surface area contributed by atoms with Crippen LogP contribution in [0.3, 0.4) is 0 Å². The van der Waals surface area contributed by atoms with E-state index in [-0.39, 0.29) is 11.5 Å². The molecule has 0 aromatic carbocycles. The van der Waals surface area contributed by atoms with E-state index in [1.54, 1.807) is 0 Å². The van der Waals surface area contributed by atoms with E-state index in [9.17, 15) is 4.79 Å². The standard InChI is InChI=1S/C21H30N4O/c1-14-2-5-22-20(23-14)25-6-3-18(4-7-25)19(26)24-21-11-15-8-16(12-21)10-17(9-15)13-21/h2,5,15-18H,3-4,6-13H2,1H3,(H,24,26). The molecule has 26 heavy (non-hydrogen) atoms. The van der Waals surface area contributed by atoms with Gasteiger partial charge in [0.05, 0.1) is 0 Å². The number of hydrogen-bond donors (Lipinski definition) is 1. The van der Waals surface area contributed by atoms with Crippen LogP contribution in [0.1, 0.15) is 57.1 Å². The number of nitrogens with one attached hydrogen (secondary N) is 1. The molecule has 6 rings (SSSR count). The van der Waals surface area contributed by atoms with Crippen LogP contribution in [0, 0.1) is 30.6 Å². The number of hydrogen-bond acceptors (Lipinski definition) is 4. The smallest absolute Gasteiger partial charge is 0.225 e. The molecule has 2 heterocycles. The monoisotopic (exact) mass is 354 g/mol. The maximum Gasteiger partial charge on any atom is 0.225 e. The Morgan fingerprint density at radius 2 is 1.73 bits per heavy atom. The van der Waals surface area contributed by atoms with E-state index < -0.39 is 0 Å². The minimum Gasteiger partial charge on any atom is -0.350 e. The van der Waals surface area contributed by atoms with Gasteiger partial charge in [0.2, 0.25) is 11.9 Å². The van der Waals surface area contributed by atoms with Crippen molar-refractivity contribution in [3.8, 4) is 0 Å². The molecule has 1 aromatic heterocycles. The topological polar surface area (TPSA) is 58.1 Å². The van der Waals surface area contributed by atoms with Crippen molar-refractivity contribution < 1.29 is 4.79 Å². The Bertz CT molecular complexity index is 660. The molecule has 0 radical (unpaired) electrons. The van der Waals surface area contributed by atoms with E-state index in [0.29, 0.717) is 5.91 Å². The van der Waals surface area contributed by atoms with E-state index in [1.807, 2.05) is 19.2 Å². The fourth-order valence-electron chi connectivity index (χ4n) is 6.56. The molecule has 140 valence electrons. The van der Waals surface area contributed by atoms with E-state index in [1.165, 1.54) is 38.5 Å². The van der Waals surface area contributed by atoms with Crippen LogP contribution in [-0.2, 0) is 4.79 Å². The summed E-state index contributed by atoms with van der Waals surface area (Å²) in [7, 11) is 0. The molecule has 1 amide bonds. The Morgan fingerprint density at radius 1 is 1.12 bits per heavy atom. The van der Waals surface area contributed by atoms with Gasteiger partial charge in [0.1, 0.15) is 0 Å². The molecule has 4 aliphatic carbocycles. The molecule has 0 unspecified atom stereocenters. The molecule has 0 atom stereocenters. The van der Waals surface area contributed by atoms with Gasteiger partial charge in [-0.15, -0.1) is 0 Å². The van der Waals surface area contributed by atoms with Gasteiger partial charge >= 0.3 is 0 Å². The van der Waals surface area contributed by atoms with Gasteiger partial charge in [-0.1, -0.05) is 0 Å². The number of piperidine rings is 1. The average Bonchev–Trinajstić information content (AvgIpc) is 2.60. The first kappa shape index (κ1) is 16.5. The van der Waals surface area contributed by atoms with E-state index in [4.69, 9.17) is 0 Å². The summed E-state index contributed by atoms with van der Waals surface area (Å²) < 4.78 is 0. The molecule has 1 N–H and O–H groups in total. The van der Waals surface area contributed by atoms with Gasteiger partial charge in [0.25, 0.3) is 0 Å². The molecular weight excluding hydrogens is 324 g/mol. The average molecular weight is 354 g/mol. The van der Waals surface area contributed by atoms with Gasteiger partial charge in [-0.3, -0.25) is 4.79 Å². The first-order valence-corrected chi connectivity index (χ1v) is 10.5. The molecule has 5 aliphatic rings. The first-order valence-electron chi connectivity index (χ1n) is 10.5. The lowest BCUT2D eigenvalue weighted by molar-refractivity contribution is -0.131. The van der Waals surface area contributed by atoms with Crippen molar-refractivity contribution in [1.29, 1.82) is 0 Å². The predicted molar refractivity (Wildman–Crippen MR) is 101 cm³/mol. The minimum absolute atomic E-state index is 0.141. The molecule has 5 nitrogen and oxygen atoms in total. The molecule has 0 spiro atoms. The number of carbonyl (C=O) groups excluding carboxylic acids is 1. The summed E-state index contributed by atoms with van der Waals surface area (Å²) in [6, 6.07) is 1.93. The number of aryl methyl sites for hydroxylation is 1. The van der Waals surface area contributed by atoms with Crippen LogP contribution in [0.4, 0.5) is 5.95 Å². The van der Waals surface area contributed by atoms with Crippen LogP contribution in [-0.4, -0.2) is 34.5 Å². The summed E-state index contributed by atoms with van der Waals surface area (Å²) in [5, 5.41) is 3.57. The molecule has 1 saturated heterocycles. The summed E-state index contributed by atoms with van der Waals surface area (Å²) in [5.74, 6) is 3.91. The quantitative estimate of drug-likeness (QED) is 0.906. The van der Waals surface area contributed by atoms with Crippen molar-refractivity contribution in [2.75, 3.05) is 18.0 Å². The van der Waals surface area contributed by atoms with Gasteiger partial charge in [-0.05, 0) is 82.1 Å². The maximum atomic E-state index is 13.0. The Labute approximate surface area is 156 Å². The van der Waals surface area contributed by atoms with E-state index in [2.05, 4.69) is 20.2 Å². The van der Waals surface area contributed by atoms with Gasteiger partial charge in [0.15, 0.2) is 0 Å². The second-order valence-electron chi connectivity index (χ2n) is 9.45. The third kappa shape index (κ3) is 2.99. The molecule has 4 bridgehead atoms. The Kier molecular flexibility index (Phi) is 3.94. The Balaban J connectivity index is 1.20. The molecule has 5 fully saturated rings. The van der Waals surface area contributed by atoms with Gasteiger partial charge < -0.3 is 10.2 Å². The predicted octanol–water partition coefficient (Wildman–Crippen LogP) is 3.09. The lowest BCUT2D eigenvalue weighted by atomic mass is 9.53. The van der Waals surface area contributed by atoms with E-state index in [0.717, 1.165) is 55.3 Å². The summed E-state index contributed by atoms with van der Waals surface area (Å²) in [6.45, 7) is 3.75. The van der Waals surface area contributed by atoms with Crippen LogP contribution >= 0.6 is 0 Å². The molecule has 5 heteroatoms. The van der Waals surface area contributed by atoms with Crippen LogP contribution in [0.2, 0.25) is 0 Å². The number of nitrogens with zero attached hydrogens (tertiary/aromatic N) is 3. The molecule has 4 saturated carbocycles. The lowest BCUT2D eigenvalue weighted by Crippen LogP contribution is -2.61. The summed E-state index contributed by atoms with van der Waals surface area (Å²) in [6.07, 6.45) is 11.6. The summed E-state index contributed by atoms with van der Waals surface area (Å²) in [4.78, 5) is 24.2. The van der Waals surface area contributed by atoms with E-state index >= 15 is 0 Å². The van der Waals surface area contributed by atoms with Crippen LogP contribution in [0.15, 0.2) is 12.3 Å². The highest BCUT2D eigenvalue weighted by Gasteiger charge is 2.51. The first-order chi connectivity index (χ1) is 12.6. The maximum absolute atomic E-state index is 13.0. The molecule has 1 aliphatic heterocycles. The number of aromatic nitrogens is 2. The highest BCUT2D eigenvalue weighted by molar-refractivity contribution is 5.80. The zero-order valence-electron chi connectivity index (χ0n) is 15.8. The number of carbonyl (C=O) groups is 1. The van der Waals surface area contributed by atoms with Crippen LogP contribution in [0.5, 0.6) is 0 Å². The zero-order valence-corrected chi connectivity index (χ0v) is 15.8. The highest BCUT2D eigenvalue weighted by Crippen LogP contribution is 2.55. The van der Waals surface area contributed by atoms with Gasteiger partial charge in [0, 0.05) is 36.4 Å². The fraction of sp³-hybridized carbons (Fsp3) is 0.762. The summed E-state index contributed by atoms with van der Waals surface area (Å²) >= 11 is 0. The normalized spacial score (nSPS) is 36.3. The van der Waals surface area contributed by atoms with Crippen molar-refractivity contribution in [3.63, 3.8) is 0 Å². The number of amides is 1. The van der Waals surface area contributed by atoms with Crippen molar-refractivity contribution >= 4 is 11.9 Å². The highest BCUT2D eigenvalue weighted by atomic mass is 16.2. The third-order valence-corrected chi connectivity index (χ3v) is 7.36. The van der Waals surface area contributed by atoms with Gasteiger partial charge in [-0.2, -0.15) is 0 Å². The van der Waals surface area contributed by atoms with Crippen molar-refractivity contribution in [2.24, 2.45) is 23.7 Å². The lowest BCUT2D eigenvalue weighted by Gasteiger charge is -2.57. The zero-order chi connectivity index (χ0) is 17.7. The second-order valence-corrected chi connectivity index (χ2v) is 9.45. The second kappa shape index (κ2) is 6.21. The molecular formula is C21H30N4O. The van der Waals surface area contributed by atoms with Crippen molar-refractivity contribution in [2.45, 2.75) is 63.8 Å². The fourth-order valence-corrected chi connectivity index (χ4v) is 6.56. The van der Waals surface area contributed by atoms with Crippen LogP contribution in [0.25, 0.3) is 0 Å². The molecule has 1 aromatic rings. The van der Waals surface area contributed by atoms with Gasteiger partial charge in [-0.25, -0.2) is 9.97 Å². The largest absolute Gasteiger partial charge is 0.350 e. The minimum atomic E-state index is 0.141. The number of anilines is 1. The number of rotatable bonds is 3. The SMILES string of the molecule is Cc1ccnc(N2CCC(C(=O)NC34CC5CC(CC(C5)C3)C4)CC2)n1. The Morgan fingerprint density at radius 3 is 2.31 bits per heavy atom. The Hall–Kier alpha value is -1.65. The van der Waals surface area contributed by atoms with Crippen molar-refractivity contribution in [3.05, 3.63) is 18.0 Å². The third-order valence-electron chi connectivity index (χ3n) is 7.36. The van der Waals surface area contributed by atoms with Crippen molar-refractivity contribution in [1.82, 2.24) is 15.3 Å². The van der Waals surface area contributed by atoms with Crippen LogP contribution < -0.4 is 10.2 Å².